The Morgan fingerprint density at radius 2 is 2.05 bits per heavy atom. The number of rotatable bonds is 2. The van der Waals surface area contributed by atoms with Crippen LogP contribution in [-0.2, 0) is 6.42 Å². The van der Waals surface area contributed by atoms with Crippen LogP contribution in [0.25, 0.3) is 11.1 Å². The Hall–Kier alpha value is -1.51. The standard InChI is InChI=1S/C16H16ClNO/c1-10-4-2-3-5-14(10)15-8-12(17)6-11-7-13(9-18)19-16(11)15/h2-6,8,13H,7,9,18H2,1H3/t13-/m1/s1. The summed E-state index contributed by atoms with van der Waals surface area (Å²) in [5, 5.41) is 0.748. The zero-order valence-electron chi connectivity index (χ0n) is 10.8. The van der Waals surface area contributed by atoms with Gasteiger partial charge in [-0.05, 0) is 35.7 Å². The Bertz CT molecular complexity index is 624. The van der Waals surface area contributed by atoms with Crippen molar-refractivity contribution in [3.05, 3.63) is 52.5 Å². The van der Waals surface area contributed by atoms with E-state index < -0.39 is 0 Å². The quantitative estimate of drug-likeness (QED) is 0.908. The van der Waals surface area contributed by atoms with Gasteiger partial charge < -0.3 is 10.5 Å². The lowest BCUT2D eigenvalue weighted by Gasteiger charge is -2.13. The summed E-state index contributed by atoms with van der Waals surface area (Å²) in [6, 6.07) is 12.2. The van der Waals surface area contributed by atoms with Crippen LogP contribution in [0.3, 0.4) is 0 Å². The van der Waals surface area contributed by atoms with E-state index in [2.05, 4.69) is 19.1 Å². The first-order valence-corrected chi connectivity index (χ1v) is 6.82. The van der Waals surface area contributed by atoms with Crippen molar-refractivity contribution < 1.29 is 4.74 Å². The smallest absolute Gasteiger partial charge is 0.131 e. The summed E-state index contributed by atoms with van der Waals surface area (Å²) >= 11 is 6.23. The topological polar surface area (TPSA) is 35.2 Å². The zero-order chi connectivity index (χ0) is 13.4. The normalized spacial score (nSPS) is 17.1. The fraction of sp³-hybridized carbons (Fsp3) is 0.250. The van der Waals surface area contributed by atoms with Crippen LogP contribution in [0.4, 0.5) is 0 Å². The van der Waals surface area contributed by atoms with Crippen LogP contribution in [0.15, 0.2) is 36.4 Å². The minimum absolute atomic E-state index is 0.0660. The van der Waals surface area contributed by atoms with E-state index in [1.165, 1.54) is 11.1 Å². The molecule has 0 bridgehead atoms. The van der Waals surface area contributed by atoms with Gasteiger partial charge in [0.2, 0.25) is 0 Å². The molecule has 1 atom stereocenters. The van der Waals surface area contributed by atoms with Crippen LogP contribution in [0, 0.1) is 6.92 Å². The number of hydrogen-bond acceptors (Lipinski definition) is 2. The molecule has 0 spiro atoms. The van der Waals surface area contributed by atoms with Gasteiger partial charge in [0, 0.05) is 23.6 Å². The summed E-state index contributed by atoms with van der Waals surface area (Å²) < 4.78 is 5.97. The molecule has 98 valence electrons. The fourth-order valence-corrected chi connectivity index (χ4v) is 2.84. The van der Waals surface area contributed by atoms with Crippen molar-refractivity contribution in [1.82, 2.24) is 0 Å². The lowest BCUT2D eigenvalue weighted by molar-refractivity contribution is 0.242. The first-order chi connectivity index (χ1) is 9.19. The van der Waals surface area contributed by atoms with E-state index in [-0.39, 0.29) is 6.10 Å². The summed E-state index contributed by atoms with van der Waals surface area (Å²) in [5.41, 5.74) is 10.3. The second-order valence-electron chi connectivity index (χ2n) is 4.94. The van der Waals surface area contributed by atoms with Gasteiger partial charge in [0.25, 0.3) is 0 Å². The fourth-order valence-electron chi connectivity index (χ4n) is 2.60. The second-order valence-corrected chi connectivity index (χ2v) is 5.37. The molecule has 1 aliphatic heterocycles. The Morgan fingerprint density at radius 3 is 2.79 bits per heavy atom. The van der Waals surface area contributed by atoms with Gasteiger partial charge in [0.15, 0.2) is 0 Å². The first-order valence-electron chi connectivity index (χ1n) is 6.44. The third-order valence-electron chi connectivity index (χ3n) is 3.56. The van der Waals surface area contributed by atoms with Gasteiger partial charge in [0.05, 0.1) is 0 Å². The second kappa shape index (κ2) is 4.87. The monoisotopic (exact) mass is 273 g/mol. The molecule has 0 unspecified atom stereocenters. The number of hydrogen-bond donors (Lipinski definition) is 1. The molecule has 2 nitrogen and oxygen atoms in total. The molecular formula is C16H16ClNO. The predicted molar refractivity (Wildman–Crippen MR) is 78.8 cm³/mol. The van der Waals surface area contributed by atoms with Crippen LogP contribution in [0.2, 0.25) is 5.02 Å². The maximum atomic E-state index is 6.23. The Kier molecular flexibility index (Phi) is 3.21. The van der Waals surface area contributed by atoms with E-state index in [1.54, 1.807) is 0 Å². The Labute approximate surface area is 118 Å². The first kappa shape index (κ1) is 12.5. The molecule has 3 heteroatoms. The molecule has 0 radical (unpaired) electrons. The maximum Gasteiger partial charge on any atom is 0.131 e. The molecule has 19 heavy (non-hydrogen) atoms. The van der Waals surface area contributed by atoms with E-state index >= 15 is 0 Å². The highest BCUT2D eigenvalue weighted by Gasteiger charge is 2.25. The minimum atomic E-state index is 0.0660. The Morgan fingerprint density at radius 1 is 1.26 bits per heavy atom. The Balaban J connectivity index is 2.16. The summed E-state index contributed by atoms with van der Waals surface area (Å²) in [5.74, 6) is 0.939. The average molecular weight is 274 g/mol. The molecule has 0 fully saturated rings. The molecule has 1 heterocycles. The molecule has 0 aliphatic carbocycles. The molecule has 2 N–H and O–H groups in total. The summed E-state index contributed by atoms with van der Waals surface area (Å²) in [7, 11) is 0. The van der Waals surface area contributed by atoms with Gasteiger partial charge >= 0.3 is 0 Å². The van der Waals surface area contributed by atoms with E-state index in [1.807, 2.05) is 24.3 Å². The van der Waals surface area contributed by atoms with Gasteiger partial charge in [-0.3, -0.25) is 0 Å². The number of nitrogens with two attached hydrogens (primary N) is 1. The number of aryl methyl sites for hydroxylation is 1. The summed E-state index contributed by atoms with van der Waals surface area (Å²) in [6.07, 6.45) is 0.905. The minimum Gasteiger partial charge on any atom is -0.488 e. The molecule has 0 aromatic heterocycles. The van der Waals surface area contributed by atoms with E-state index in [4.69, 9.17) is 22.1 Å². The molecule has 0 saturated heterocycles. The van der Waals surface area contributed by atoms with Gasteiger partial charge in [0.1, 0.15) is 11.9 Å². The lowest BCUT2D eigenvalue weighted by atomic mass is 9.97. The van der Waals surface area contributed by atoms with Crippen molar-refractivity contribution in [2.75, 3.05) is 6.54 Å². The number of benzene rings is 2. The van der Waals surface area contributed by atoms with Crippen LogP contribution in [0.5, 0.6) is 5.75 Å². The zero-order valence-corrected chi connectivity index (χ0v) is 11.6. The third-order valence-corrected chi connectivity index (χ3v) is 3.78. The van der Waals surface area contributed by atoms with Crippen LogP contribution in [-0.4, -0.2) is 12.6 Å². The predicted octanol–water partition coefficient (Wildman–Crippen LogP) is 3.58. The number of halogens is 1. The molecule has 3 rings (SSSR count). The van der Waals surface area contributed by atoms with Crippen molar-refractivity contribution in [2.45, 2.75) is 19.4 Å². The van der Waals surface area contributed by atoms with Gasteiger partial charge in [-0.1, -0.05) is 35.9 Å². The van der Waals surface area contributed by atoms with Crippen LogP contribution in [0.1, 0.15) is 11.1 Å². The molecule has 2 aromatic carbocycles. The summed E-state index contributed by atoms with van der Waals surface area (Å²) in [6.45, 7) is 2.62. The maximum absolute atomic E-state index is 6.23. The molecule has 2 aromatic rings. The summed E-state index contributed by atoms with van der Waals surface area (Å²) in [4.78, 5) is 0. The van der Waals surface area contributed by atoms with E-state index in [0.717, 1.165) is 28.3 Å². The highest BCUT2D eigenvalue weighted by molar-refractivity contribution is 6.31. The average Bonchev–Trinajstić information content (AvgIpc) is 2.81. The lowest BCUT2D eigenvalue weighted by Crippen LogP contribution is -2.24. The highest BCUT2D eigenvalue weighted by Crippen LogP contribution is 2.41. The third kappa shape index (κ3) is 2.22. The highest BCUT2D eigenvalue weighted by atomic mass is 35.5. The van der Waals surface area contributed by atoms with Gasteiger partial charge in [-0.15, -0.1) is 0 Å². The largest absolute Gasteiger partial charge is 0.488 e. The van der Waals surface area contributed by atoms with Gasteiger partial charge in [-0.25, -0.2) is 0 Å². The van der Waals surface area contributed by atoms with Gasteiger partial charge in [-0.2, -0.15) is 0 Å². The van der Waals surface area contributed by atoms with Crippen molar-refractivity contribution in [3.8, 4) is 16.9 Å². The van der Waals surface area contributed by atoms with Crippen LogP contribution >= 0.6 is 11.6 Å². The van der Waals surface area contributed by atoms with E-state index in [9.17, 15) is 0 Å². The van der Waals surface area contributed by atoms with Crippen LogP contribution < -0.4 is 10.5 Å². The SMILES string of the molecule is Cc1ccccc1-c1cc(Cl)cc2c1O[C@@H](CN)C2. The van der Waals surface area contributed by atoms with Crippen molar-refractivity contribution >= 4 is 11.6 Å². The molecular weight excluding hydrogens is 258 g/mol. The van der Waals surface area contributed by atoms with E-state index in [0.29, 0.717) is 6.54 Å². The van der Waals surface area contributed by atoms with Crippen molar-refractivity contribution in [1.29, 1.82) is 0 Å². The number of fused-ring (bicyclic) bond motifs is 1. The molecule has 0 saturated carbocycles. The number of ether oxygens (including phenoxy) is 1. The van der Waals surface area contributed by atoms with Crippen molar-refractivity contribution in [3.63, 3.8) is 0 Å². The molecule has 0 amide bonds. The molecule has 1 aliphatic rings. The van der Waals surface area contributed by atoms with Crippen molar-refractivity contribution in [2.24, 2.45) is 5.73 Å².